The van der Waals surface area contributed by atoms with Crippen LogP contribution in [0.3, 0.4) is 0 Å². The number of amides is 1. The van der Waals surface area contributed by atoms with Crippen LogP contribution in [-0.4, -0.2) is 80.6 Å². The van der Waals surface area contributed by atoms with Gasteiger partial charge >= 0.3 is 0 Å². The summed E-state index contributed by atoms with van der Waals surface area (Å²) < 4.78 is 0. The Morgan fingerprint density at radius 2 is 1.91 bits per heavy atom. The number of hydrogen-bond donors (Lipinski definition) is 5. The zero-order valence-electron chi connectivity index (χ0n) is 21.6. The molecule has 3 aliphatic heterocycles. The van der Waals surface area contributed by atoms with Gasteiger partial charge in [0, 0.05) is 57.3 Å². The highest BCUT2D eigenvalue weighted by molar-refractivity contribution is 5.81. The Bertz CT molecular complexity index is 806. The normalized spacial score (nSPS) is 39.5. The Morgan fingerprint density at radius 3 is 2.57 bits per heavy atom. The van der Waals surface area contributed by atoms with Gasteiger partial charge in [-0.05, 0) is 55.9 Å². The van der Waals surface area contributed by atoms with Gasteiger partial charge in [0.25, 0.3) is 0 Å². The van der Waals surface area contributed by atoms with Gasteiger partial charge in [-0.2, -0.15) is 5.26 Å². The van der Waals surface area contributed by atoms with Gasteiger partial charge in [-0.15, -0.1) is 0 Å². The molecule has 1 aliphatic carbocycles. The van der Waals surface area contributed by atoms with Gasteiger partial charge in [0.2, 0.25) is 5.91 Å². The number of fused-ring (bicyclic) bond motifs is 1. The van der Waals surface area contributed by atoms with E-state index in [1.54, 1.807) is 0 Å². The van der Waals surface area contributed by atoms with Crippen molar-refractivity contribution in [1.82, 2.24) is 20.9 Å². The summed E-state index contributed by atoms with van der Waals surface area (Å²) in [4.78, 5) is 21.2. The highest BCUT2D eigenvalue weighted by Crippen LogP contribution is 2.73. The molecule has 3 fully saturated rings. The van der Waals surface area contributed by atoms with Crippen molar-refractivity contribution in [2.75, 3.05) is 39.3 Å². The molecule has 0 spiro atoms. The summed E-state index contributed by atoms with van der Waals surface area (Å²) in [5.41, 5.74) is 13.0. The molecule has 9 nitrogen and oxygen atoms in total. The van der Waals surface area contributed by atoms with Crippen molar-refractivity contribution in [2.24, 2.45) is 39.1 Å². The molecule has 0 radical (unpaired) electrons. The zero-order valence-corrected chi connectivity index (χ0v) is 21.6. The Balaban J connectivity index is 1.54. The van der Waals surface area contributed by atoms with Gasteiger partial charge in [-0.25, -0.2) is 0 Å². The average molecular weight is 487 g/mol. The number of piperidine rings is 1. The second kappa shape index (κ2) is 11.2. The Hall–Kier alpha value is -1.57. The molecule has 0 aromatic heterocycles. The molecule has 35 heavy (non-hydrogen) atoms. The first kappa shape index (κ1) is 26.5. The molecule has 196 valence electrons. The Kier molecular flexibility index (Phi) is 8.49. The molecular formula is C26H46N8O. The van der Waals surface area contributed by atoms with Crippen LogP contribution in [0.15, 0.2) is 4.99 Å². The van der Waals surface area contributed by atoms with E-state index in [1.165, 1.54) is 0 Å². The first-order valence-electron chi connectivity index (χ1n) is 13.8. The highest BCUT2D eigenvalue weighted by Gasteiger charge is 2.65. The first-order chi connectivity index (χ1) is 16.9. The van der Waals surface area contributed by atoms with Crippen molar-refractivity contribution in [3.63, 3.8) is 0 Å². The van der Waals surface area contributed by atoms with Crippen molar-refractivity contribution in [1.29, 1.82) is 5.26 Å². The van der Waals surface area contributed by atoms with Crippen LogP contribution in [0.2, 0.25) is 0 Å². The summed E-state index contributed by atoms with van der Waals surface area (Å²) >= 11 is 0. The second-order valence-corrected chi connectivity index (χ2v) is 11.4. The third-order valence-electron chi connectivity index (χ3n) is 9.65. The van der Waals surface area contributed by atoms with Crippen LogP contribution in [0.5, 0.6) is 0 Å². The van der Waals surface area contributed by atoms with E-state index in [9.17, 15) is 10.1 Å². The average Bonchev–Trinajstić information content (AvgIpc) is 3.47. The lowest BCUT2D eigenvalue weighted by Crippen LogP contribution is -2.64. The number of piperazine rings is 1. The summed E-state index contributed by atoms with van der Waals surface area (Å²) in [5, 5.41) is 19.6. The van der Waals surface area contributed by atoms with E-state index in [0.29, 0.717) is 12.5 Å². The molecular weight excluding hydrogens is 440 g/mol. The maximum atomic E-state index is 13.8. The van der Waals surface area contributed by atoms with E-state index in [2.05, 4.69) is 40.8 Å². The summed E-state index contributed by atoms with van der Waals surface area (Å²) in [5.74, 6) is -0.549. The molecule has 0 bridgehead atoms. The first-order valence-corrected chi connectivity index (χ1v) is 13.8. The van der Waals surface area contributed by atoms with Crippen LogP contribution < -0.4 is 27.4 Å². The lowest BCUT2D eigenvalue weighted by molar-refractivity contribution is -0.128. The van der Waals surface area contributed by atoms with Gasteiger partial charge in [0.1, 0.15) is 0 Å². The number of nitrogens with two attached hydrogens (primary N) is 2. The van der Waals surface area contributed by atoms with Crippen molar-refractivity contribution < 1.29 is 4.79 Å². The molecule has 9 heteroatoms. The van der Waals surface area contributed by atoms with E-state index in [4.69, 9.17) is 16.5 Å². The predicted octanol–water partition coefficient (Wildman–Crippen LogP) is 0.558. The SMILES string of the molecule is CCC12CC(CC#N)/C=N\C(C(C(=O)NC3CNCCC3N3CCNCC3)C(N)N)CC1(CC)C2. The van der Waals surface area contributed by atoms with Crippen LogP contribution >= 0.6 is 0 Å². The standard InChI is InChI=1S/C26H46N8O/c1-3-25-13-18(5-7-27)15-32-19(14-26(25,4-2)17-25)22(23(28)29)24(35)33-20-16-31-8-6-21(20)34-11-9-30-10-12-34/h15,18-23,30-31H,3-6,8-14,16-17,28-29H2,1-2H3,(H,33,35)/b32-15-. The largest absolute Gasteiger partial charge is 0.350 e. The minimum absolute atomic E-state index is 0.0234. The number of nitrogens with zero attached hydrogens (tertiary/aromatic N) is 3. The maximum absolute atomic E-state index is 13.8. The molecule has 7 N–H and O–H groups in total. The Morgan fingerprint density at radius 1 is 1.20 bits per heavy atom. The molecule has 7 unspecified atom stereocenters. The van der Waals surface area contributed by atoms with Crippen molar-refractivity contribution in [3.8, 4) is 6.07 Å². The van der Waals surface area contributed by atoms with Gasteiger partial charge in [0.15, 0.2) is 0 Å². The van der Waals surface area contributed by atoms with Gasteiger partial charge in [-0.1, -0.05) is 13.8 Å². The van der Waals surface area contributed by atoms with Crippen LogP contribution in [0.25, 0.3) is 0 Å². The molecule has 4 aliphatic rings. The Labute approximate surface area is 210 Å². The molecule has 2 saturated heterocycles. The zero-order chi connectivity index (χ0) is 25.1. The summed E-state index contributed by atoms with van der Waals surface area (Å²) in [6.45, 7) is 10.2. The van der Waals surface area contributed by atoms with Crippen molar-refractivity contribution >= 4 is 12.1 Å². The molecule has 0 aromatic rings. The molecule has 3 heterocycles. The van der Waals surface area contributed by atoms with Gasteiger partial charge in [0.05, 0.1) is 30.2 Å². The molecule has 7 atom stereocenters. The smallest absolute Gasteiger partial charge is 0.228 e. The fourth-order valence-electron chi connectivity index (χ4n) is 7.50. The summed E-state index contributed by atoms with van der Waals surface area (Å²) in [6, 6.07) is 2.41. The van der Waals surface area contributed by atoms with Crippen LogP contribution in [0.1, 0.15) is 58.8 Å². The van der Waals surface area contributed by atoms with Gasteiger partial charge < -0.3 is 27.4 Å². The van der Waals surface area contributed by atoms with Crippen LogP contribution in [0.4, 0.5) is 0 Å². The molecule has 4 rings (SSSR count). The second-order valence-electron chi connectivity index (χ2n) is 11.4. The minimum Gasteiger partial charge on any atom is -0.350 e. The topological polar surface area (TPSA) is 145 Å². The van der Waals surface area contributed by atoms with E-state index in [1.807, 2.05) is 6.21 Å². The van der Waals surface area contributed by atoms with Crippen LogP contribution in [-0.2, 0) is 4.79 Å². The number of carbonyl (C=O) groups excluding carboxylic acids is 1. The van der Waals surface area contributed by atoms with Crippen molar-refractivity contribution in [2.45, 2.75) is 83.1 Å². The third-order valence-corrected chi connectivity index (χ3v) is 9.65. The van der Waals surface area contributed by atoms with E-state index < -0.39 is 12.1 Å². The minimum atomic E-state index is -0.788. The quantitative estimate of drug-likeness (QED) is 0.315. The lowest BCUT2D eigenvalue weighted by Gasteiger charge is -2.43. The summed E-state index contributed by atoms with van der Waals surface area (Å²) in [7, 11) is 0. The highest BCUT2D eigenvalue weighted by atomic mass is 16.2. The molecule has 0 aromatic carbocycles. The number of hydrogen-bond acceptors (Lipinski definition) is 8. The number of nitriles is 1. The number of nitrogens with one attached hydrogen (secondary N) is 3. The van der Waals surface area contributed by atoms with E-state index >= 15 is 0 Å². The van der Waals surface area contributed by atoms with Crippen molar-refractivity contribution in [3.05, 3.63) is 0 Å². The molecule has 1 amide bonds. The van der Waals surface area contributed by atoms with Crippen LogP contribution in [0, 0.1) is 34.0 Å². The third kappa shape index (κ3) is 5.42. The lowest BCUT2D eigenvalue weighted by atomic mass is 9.74. The number of carbonyl (C=O) groups is 1. The summed E-state index contributed by atoms with van der Waals surface area (Å²) in [6.07, 6.45) is 7.75. The molecule has 1 saturated carbocycles. The fourth-order valence-corrected chi connectivity index (χ4v) is 7.50. The predicted molar refractivity (Wildman–Crippen MR) is 139 cm³/mol. The van der Waals surface area contributed by atoms with E-state index in [-0.39, 0.29) is 34.7 Å². The number of rotatable bonds is 8. The van der Waals surface area contributed by atoms with Gasteiger partial charge in [-0.3, -0.25) is 14.7 Å². The van der Waals surface area contributed by atoms with E-state index in [0.717, 1.165) is 77.8 Å². The fraction of sp³-hybridized carbons (Fsp3) is 0.885. The number of aliphatic imine (C=N–C) groups is 1. The maximum Gasteiger partial charge on any atom is 0.228 e. The monoisotopic (exact) mass is 486 g/mol.